The highest BCUT2D eigenvalue weighted by Gasteiger charge is 2.35. The van der Waals surface area contributed by atoms with Crippen LogP contribution in [0.5, 0.6) is 0 Å². The van der Waals surface area contributed by atoms with Crippen LogP contribution in [0, 0.1) is 0 Å². The van der Waals surface area contributed by atoms with Crippen LogP contribution in [0.15, 0.2) is 65.5 Å². The third kappa shape index (κ3) is 3.38. The second-order valence-electron chi connectivity index (χ2n) is 6.99. The van der Waals surface area contributed by atoms with Crippen molar-refractivity contribution in [3.8, 4) is 0 Å². The predicted molar refractivity (Wildman–Crippen MR) is 107 cm³/mol. The molecule has 1 aliphatic heterocycles. The van der Waals surface area contributed by atoms with Gasteiger partial charge in [-0.05, 0) is 24.5 Å². The summed E-state index contributed by atoms with van der Waals surface area (Å²) in [7, 11) is 0. The molecule has 1 atom stereocenters. The van der Waals surface area contributed by atoms with Gasteiger partial charge in [0.2, 0.25) is 5.91 Å². The first-order valence-corrected chi connectivity index (χ1v) is 9.75. The Morgan fingerprint density at radius 1 is 1.04 bits per heavy atom. The predicted octanol–water partition coefficient (Wildman–Crippen LogP) is 2.63. The number of amides is 1. The molecule has 0 saturated carbocycles. The minimum atomic E-state index is -0.335. The molecule has 3 aromatic rings. The summed E-state index contributed by atoms with van der Waals surface area (Å²) in [5, 5.41) is 4.55. The molecule has 0 radical (unpaired) electrons. The van der Waals surface area contributed by atoms with Crippen molar-refractivity contribution < 1.29 is 4.79 Å². The highest BCUT2D eigenvalue weighted by molar-refractivity contribution is 5.77. The number of hydrogen-bond donors (Lipinski definition) is 0. The third-order valence-corrected chi connectivity index (χ3v) is 5.28. The van der Waals surface area contributed by atoms with E-state index in [1.807, 2.05) is 72.5 Å². The first-order chi connectivity index (χ1) is 13.7. The van der Waals surface area contributed by atoms with Crippen LogP contribution in [-0.4, -0.2) is 31.7 Å². The fourth-order valence-electron chi connectivity index (χ4n) is 3.83. The zero-order chi connectivity index (χ0) is 19.5. The van der Waals surface area contributed by atoms with Crippen molar-refractivity contribution in [1.82, 2.24) is 19.2 Å². The normalized spacial score (nSPS) is 16.0. The molecule has 0 N–H and O–H groups in total. The monoisotopic (exact) mass is 376 g/mol. The van der Waals surface area contributed by atoms with Crippen LogP contribution in [0.25, 0.3) is 0 Å². The summed E-state index contributed by atoms with van der Waals surface area (Å²) in [6, 6.07) is 19.5. The molecule has 0 saturated heterocycles. The van der Waals surface area contributed by atoms with Crippen LogP contribution in [0.4, 0.5) is 0 Å². The van der Waals surface area contributed by atoms with Gasteiger partial charge < -0.3 is 4.90 Å². The number of hydrogen-bond acceptors (Lipinski definition) is 3. The van der Waals surface area contributed by atoms with Gasteiger partial charge in [-0.15, -0.1) is 0 Å². The fraction of sp³-hybridized carbons (Fsp3) is 0.318. The number of carbonyl (C=O) groups excluding carboxylic acids is 1. The van der Waals surface area contributed by atoms with Gasteiger partial charge >= 0.3 is 5.69 Å². The second kappa shape index (κ2) is 7.84. The number of aryl methyl sites for hydroxylation is 2. The van der Waals surface area contributed by atoms with E-state index in [4.69, 9.17) is 0 Å². The highest BCUT2D eigenvalue weighted by Crippen LogP contribution is 2.30. The highest BCUT2D eigenvalue weighted by atomic mass is 16.2. The maximum atomic E-state index is 13.1. The molecule has 4 rings (SSSR count). The van der Waals surface area contributed by atoms with E-state index in [-0.39, 0.29) is 17.6 Å². The van der Waals surface area contributed by atoms with Gasteiger partial charge in [0.1, 0.15) is 6.04 Å². The van der Waals surface area contributed by atoms with Crippen molar-refractivity contribution >= 4 is 5.91 Å². The van der Waals surface area contributed by atoms with Crippen LogP contribution in [-0.2, 0) is 24.3 Å². The van der Waals surface area contributed by atoms with Gasteiger partial charge in [0.05, 0.1) is 0 Å². The number of rotatable bonds is 5. The fourth-order valence-corrected chi connectivity index (χ4v) is 3.83. The van der Waals surface area contributed by atoms with Crippen molar-refractivity contribution in [3.05, 3.63) is 88.1 Å². The van der Waals surface area contributed by atoms with E-state index in [1.54, 1.807) is 4.57 Å². The van der Waals surface area contributed by atoms with Gasteiger partial charge in [-0.1, -0.05) is 60.7 Å². The molecule has 0 aliphatic carbocycles. The van der Waals surface area contributed by atoms with Crippen LogP contribution in [0.1, 0.15) is 36.3 Å². The van der Waals surface area contributed by atoms with E-state index in [2.05, 4.69) is 5.10 Å². The van der Waals surface area contributed by atoms with Gasteiger partial charge in [0.25, 0.3) is 0 Å². The van der Waals surface area contributed by atoms with Crippen molar-refractivity contribution in [2.75, 3.05) is 6.54 Å². The molecule has 1 aromatic heterocycles. The van der Waals surface area contributed by atoms with E-state index in [0.29, 0.717) is 38.3 Å². The zero-order valence-electron chi connectivity index (χ0n) is 16.0. The molecular weight excluding hydrogens is 352 g/mol. The second-order valence-corrected chi connectivity index (χ2v) is 6.99. The molecule has 28 heavy (non-hydrogen) atoms. The minimum absolute atomic E-state index is 0.0856. The molecule has 2 heterocycles. The molecule has 1 aliphatic rings. The molecule has 144 valence electrons. The minimum Gasteiger partial charge on any atom is -0.327 e. The van der Waals surface area contributed by atoms with E-state index in [0.717, 1.165) is 11.1 Å². The Labute approximate surface area is 164 Å². The summed E-state index contributed by atoms with van der Waals surface area (Å²) >= 11 is 0. The molecular formula is C22H24N4O2. The lowest BCUT2D eigenvalue weighted by Crippen LogP contribution is -2.44. The number of fused-ring (bicyclic) bond motifs is 1. The van der Waals surface area contributed by atoms with Crippen molar-refractivity contribution in [2.24, 2.45) is 0 Å². The van der Waals surface area contributed by atoms with Crippen molar-refractivity contribution in [3.63, 3.8) is 0 Å². The summed E-state index contributed by atoms with van der Waals surface area (Å²) in [6.45, 7) is 3.41. The average Bonchev–Trinajstić information content (AvgIpc) is 3.08. The van der Waals surface area contributed by atoms with E-state index < -0.39 is 0 Å². The molecule has 0 bridgehead atoms. The first kappa shape index (κ1) is 18.2. The number of carbonyl (C=O) groups is 1. The maximum absolute atomic E-state index is 13.1. The summed E-state index contributed by atoms with van der Waals surface area (Å²) in [4.78, 5) is 27.6. The third-order valence-electron chi connectivity index (χ3n) is 5.28. The Balaban J connectivity index is 1.66. The van der Waals surface area contributed by atoms with E-state index >= 15 is 0 Å². The Morgan fingerprint density at radius 3 is 2.39 bits per heavy atom. The zero-order valence-corrected chi connectivity index (χ0v) is 16.0. The van der Waals surface area contributed by atoms with Crippen molar-refractivity contribution in [2.45, 2.75) is 38.9 Å². The van der Waals surface area contributed by atoms with E-state index in [1.165, 1.54) is 4.68 Å². The average molecular weight is 376 g/mol. The van der Waals surface area contributed by atoms with Gasteiger partial charge in [-0.25, -0.2) is 9.48 Å². The summed E-state index contributed by atoms with van der Waals surface area (Å²) in [5.41, 5.74) is 2.02. The molecule has 0 fully saturated rings. The summed E-state index contributed by atoms with van der Waals surface area (Å²) < 4.78 is 3.19. The maximum Gasteiger partial charge on any atom is 0.346 e. The molecule has 6 nitrogen and oxygen atoms in total. The van der Waals surface area contributed by atoms with Gasteiger partial charge in [-0.3, -0.25) is 9.36 Å². The van der Waals surface area contributed by atoms with Gasteiger partial charge in [0, 0.05) is 26.1 Å². The standard InChI is InChI=1S/C22H24N4O2/c1-2-26-22(28)25-16-15-24(19(27)14-13-17-9-5-3-6-10-17)20(21(25)23-26)18-11-7-4-8-12-18/h3-12,20H,2,13-16H2,1H3. The van der Waals surface area contributed by atoms with Crippen LogP contribution in [0.2, 0.25) is 0 Å². The Hall–Kier alpha value is -3.15. The molecule has 0 spiro atoms. The van der Waals surface area contributed by atoms with Crippen LogP contribution < -0.4 is 5.69 Å². The van der Waals surface area contributed by atoms with Gasteiger partial charge in [-0.2, -0.15) is 5.10 Å². The van der Waals surface area contributed by atoms with E-state index in [9.17, 15) is 9.59 Å². The molecule has 1 amide bonds. The number of aromatic nitrogens is 3. The lowest BCUT2D eigenvalue weighted by Gasteiger charge is -2.35. The Bertz CT molecular complexity index is 1010. The Morgan fingerprint density at radius 2 is 1.71 bits per heavy atom. The molecule has 2 aromatic carbocycles. The molecule has 1 unspecified atom stereocenters. The largest absolute Gasteiger partial charge is 0.346 e. The Kier molecular flexibility index (Phi) is 5.10. The lowest BCUT2D eigenvalue weighted by atomic mass is 10.0. The van der Waals surface area contributed by atoms with Gasteiger partial charge in [0.15, 0.2) is 5.82 Å². The van der Waals surface area contributed by atoms with Crippen LogP contribution >= 0.6 is 0 Å². The quantitative estimate of drug-likeness (QED) is 0.688. The first-order valence-electron chi connectivity index (χ1n) is 9.75. The topological polar surface area (TPSA) is 60.1 Å². The number of benzene rings is 2. The number of nitrogens with zero attached hydrogens (tertiary/aromatic N) is 4. The SMILES string of the molecule is CCn1nc2n(c1=O)CCN(C(=O)CCc1ccccc1)C2c1ccccc1. The lowest BCUT2D eigenvalue weighted by molar-refractivity contribution is -0.134. The van der Waals surface area contributed by atoms with Crippen molar-refractivity contribution in [1.29, 1.82) is 0 Å². The summed E-state index contributed by atoms with van der Waals surface area (Å²) in [5.74, 6) is 0.736. The van der Waals surface area contributed by atoms with Crippen LogP contribution in [0.3, 0.4) is 0 Å². The smallest absolute Gasteiger partial charge is 0.327 e. The molecule has 6 heteroatoms. The summed E-state index contributed by atoms with van der Waals surface area (Å²) in [6.07, 6.45) is 1.14.